The van der Waals surface area contributed by atoms with E-state index in [0.717, 1.165) is 43.2 Å². The number of hydrogen-bond donors (Lipinski definition) is 0. The van der Waals surface area contributed by atoms with E-state index in [2.05, 4.69) is 28.1 Å². The fraction of sp³-hybridized carbons (Fsp3) is 0.545. The Balaban J connectivity index is 1.42. The molecule has 3 aliphatic rings. The van der Waals surface area contributed by atoms with E-state index in [-0.39, 0.29) is 5.78 Å². The van der Waals surface area contributed by atoms with Crippen molar-refractivity contribution in [2.24, 2.45) is 4.99 Å². The molecule has 0 unspecified atom stereocenters. The number of carbonyl (C=O) groups excluding carboxylic acids is 1. The molecule has 4 rings (SSSR count). The van der Waals surface area contributed by atoms with E-state index in [1.807, 2.05) is 6.92 Å². The van der Waals surface area contributed by atoms with Crippen molar-refractivity contribution in [3.8, 4) is 5.75 Å². The number of allylic oxidation sites excluding steroid dienone is 1. The lowest BCUT2D eigenvalue weighted by Gasteiger charge is -2.36. The lowest BCUT2D eigenvalue weighted by atomic mass is 9.91. The second kappa shape index (κ2) is 7.75. The molecule has 0 amide bonds. The molecule has 2 heterocycles. The average Bonchev–Trinajstić information content (AvgIpc) is 2.83. The minimum absolute atomic E-state index is 0.189. The molecule has 26 heavy (non-hydrogen) atoms. The third-order valence-electron chi connectivity index (χ3n) is 5.99. The third-order valence-corrected chi connectivity index (χ3v) is 5.99. The van der Waals surface area contributed by atoms with E-state index in [1.54, 1.807) is 6.20 Å². The van der Waals surface area contributed by atoms with Gasteiger partial charge < -0.3 is 4.74 Å². The number of fused-ring (bicyclic) bond motifs is 1. The highest BCUT2D eigenvalue weighted by Gasteiger charge is 2.26. The lowest BCUT2D eigenvalue weighted by molar-refractivity contribution is -0.115. The van der Waals surface area contributed by atoms with Gasteiger partial charge in [-0.3, -0.25) is 9.69 Å². The normalized spacial score (nSPS) is 21.1. The van der Waals surface area contributed by atoms with Crippen molar-refractivity contribution in [1.82, 2.24) is 4.90 Å². The molecule has 2 aliphatic heterocycles. The van der Waals surface area contributed by atoms with Crippen LogP contribution in [0.25, 0.3) is 0 Å². The van der Waals surface area contributed by atoms with Gasteiger partial charge in [-0.1, -0.05) is 19.4 Å². The van der Waals surface area contributed by atoms with Gasteiger partial charge in [0.15, 0.2) is 11.7 Å². The monoisotopic (exact) mass is 352 g/mol. The summed E-state index contributed by atoms with van der Waals surface area (Å²) in [6, 6.07) is 7.30. The first kappa shape index (κ1) is 17.5. The Kier molecular flexibility index (Phi) is 5.21. The first-order chi connectivity index (χ1) is 12.7. The Morgan fingerprint density at radius 2 is 1.96 bits per heavy atom. The third kappa shape index (κ3) is 3.75. The molecule has 1 saturated carbocycles. The number of rotatable bonds is 4. The van der Waals surface area contributed by atoms with Gasteiger partial charge in [0.1, 0.15) is 5.75 Å². The van der Waals surface area contributed by atoms with Crippen LogP contribution in [0.15, 0.2) is 35.0 Å². The summed E-state index contributed by atoms with van der Waals surface area (Å²) in [4.78, 5) is 18.8. The zero-order valence-electron chi connectivity index (χ0n) is 15.7. The van der Waals surface area contributed by atoms with E-state index >= 15 is 0 Å². The number of ketones is 1. The zero-order chi connectivity index (χ0) is 17.9. The van der Waals surface area contributed by atoms with Crippen LogP contribution in [0.3, 0.4) is 0 Å². The van der Waals surface area contributed by atoms with E-state index in [9.17, 15) is 4.79 Å². The van der Waals surface area contributed by atoms with Crippen molar-refractivity contribution < 1.29 is 9.53 Å². The van der Waals surface area contributed by atoms with Crippen LogP contribution in [0.2, 0.25) is 0 Å². The highest BCUT2D eigenvalue weighted by molar-refractivity contribution is 5.97. The van der Waals surface area contributed by atoms with E-state index in [1.165, 1.54) is 36.9 Å². The van der Waals surface area contributed by atoms with Crippen molar-refractivity contribution in [2.75, 3.05) is 13.1 Å². The molecule has 1 aliphatic carbocycles. The fourth-order valence-corrected chi connectivity index (χ4v) is 4.07. The molecule has 0 radical (unpaired) electrons. The minimum Gasteiger partial charge on any atom is -0.443 e. The van der Waals surface area contributed by atoms with Crippen LogP contribution in [-0.4, -0.2) is 35.7 Å². The van der Waals surface area contributed by atoms with Gasteiger partial charge in [-0.05, 0) is 55.4 Å². The number of ether oxygens (including phenoxy) is 1. The largest absolute Gasteiger partial charge is 0.443 e. The molecule has 0 bridgehead atoms. The van der Waals surface area contributed by atoms with Crippen LogP contribution in [0.4, 0.5) is 0 Å². The summed E-state index contributed by atoms with van der Waals surface area (Å²) in [5.74, 6) is 1.77. The summed E-state index contributed by atoms with van der Waals surface area (Å²) in [7, 11) is 0. The van der Waals surface area contributed by atoms with Crippen molar-refractivity contribution >= 4 is 11.7 Å². The Bertz CT molecular complexity index is 747. The molecule has 0 aromatic heterocycles. The molecular weight excluding hydrogens is 324 g/mol. The quantitative estimate of drug-likeness (QED) is 0.820. The van der Waals surface area contributed by atoms with Crippen molar-refractivity contribution in [3.05, 3.63) is 41.1 Å². The van der Waals surface area contributed by atoms with E-state index in [4.69, 9.17) is 4.74 Å². The van der Waals surface area contributed by atoms with Gasteiger partial charge in [-0.15, -0.1) is 0 Å². The van der Waals surface area contributed by atoms with Crippen LogP contribution < -0.4 is 4.74 Å². The van der Waals surface area contributed by atoms with E-state index < -0.39 is 0 Å². The van der Waals surface area contributed by atoms with Crippen LogP contribution in [0.5, 0.6) is 5.75 Å². The van der Waals surface area contributed by atoms with Gasteiger partial charge in [0, 0.05) is 43.7 Å². The maximum atomic E-state index is 11.7. The molecule has 1 aromatic carbocycles. The summed E-state index contributed by atoms with van der Waals surface area (Å²) in [6.45, 7) is 4.23. The van der Waals surface area contributed by atoms with Crippen LogP contribution >= 0.6 is 0 Å². The Morgan fingerprint density at radius 1 is 1.15 bits per heavy atom. The smallest absolute Gasteiger partial charge is 0.194 e. The predicted molar refractivity (Wildman–Crippen MR) is 104 cm³/mol. The standard InChI is InChI=1S/C22H28N2O2/c1-2-21(25)18-7-9-22(23-15-18)26-20-8-6-16-10-12-24(19-4-3-5-19)13-11-17(16)14-20/h6,8,14-15,19H,2-5,7,9-13H2,1H3. The fourth-order valence-electron chi connectivity index (χ4n) is 4.07. The van der Waals surface area contributed by atoms with Crippen LogP contribution in [0.1, 0.15) is 56.6 Å². The zero-order valence-corrected chi connectivity index (χ0v) is 15.7. The van der Waals surface area contributed by atoms with Crippen molar-refractivity contribution in [1.29, 1.82) is 0 Å². The molecule has 0 atom stereocenters. The number of hydrogen-bond acceptors (Lipinski definition) is 4. The number of nitrogens with zero attached hydrogens (tertiary/aromatic N) is 2. The summed E-state index contributed by atoms with van der Waals surface area (Å²) >= 11 is 0. The van der Waals surface area contributed by atoms with Crippen LogP contribution in [-0.2, 0) is 17.6 Å². The van der Waals surface area contributed by atoms with E-state index in [0.29, 0.717) is 18.7 Å². The molecule has 0 N–H and O–H groups in total. The SMILES string of the molecule is CCC(=O)C1=CN=C(Oc2ccc3c(c2)CCN(C2CCC2)CC3)CC1. The second-order valence-electron chi connectivity index (χ2n) is 7.61. The molecule has 1 aromatic rings. The van der Waals surface area contributed by atoms with Gasteiger partial charge in [-0.2, -0.15) is 0 Å². The lowest BCUT2D eigenvalue weighted by Crippen LogP contribution is -2.41. The Labute approximate surface area is 155 Å². The number of aliphatic imine (C=N–C) groups is 1. The number of benzene rings is 1. The molecule has 1 fully saturated rings. The highest BCUT2D eigenvalue weighted by Crippen LogP contribution is 2.29. The molecule has 4 nitrogen and oxygen atoms in total. The van der Waals surface area contributed by atoms with Gasteiger partial charge in [0.05, 0.1) is 0 Å². The Hall–Kier alpha value is -1.94. The first-order valence-electron chi connectivity index (χ1n) is 10.1. The molecule has 0 spiro atoms. The average molecular weight is 352 g/mol. The first-order valence-corrected chi connectivity index (χ1v) is 10.1. The van der Waals surface area contributed by atoms with Crippen molar-refractivity contribution in [2.45, 2.75) is 64.3 Å². The summed E-state index contributed by atoms with van der Waals surface area (Å²) in [5, 5.41) is 0. The maximum Gasteiger partial charge on any atom is 0.194 e. The summed E-state index contributed by atoms with van der Waals surface area (Å²) in [6.07, 6.45) is 10.0. The van der Waals surface area contributed by atoms with Gasteiger partial charge in [0.25, 0.3) is 0 Å². The maximum absolute atomic E-state index is 11.7. The minimum atomic E-state index is 0.189. The van der Waals surface area contributed by atoms with Crippen molar-refractivity contribution in [3.63, 3.8) is 0 Å². The second-order valence-corrected chi connectivity index (χ2v) is 7.61. The Morgan fingerprint density at radius 3 is 2.62 bits per heavy atom. The predicted octanol–water partition coefficient (Wildman–Crippen LogP) is 4.07. The molecule has 4 heteroatoms. The molecular formula is C22H28N2O2. The summed E-state index contributed by atoms with van der Waals surface area (Å²) < 4.78 is 6.01. The molecule has 0 saturated heterocycles. The molecule has 138 valence electrons. The van der Waals surface area contributed by atoms with Gasteiger partial charge in [0.2, 0.25) is 0 Å². The van der Waals surface area contributed by atoms with Gasteiger partial charge in [-0.25, -0.2) is 4.99 Å². The van der Waals surface area contributed by atoms with Gasteiger partial charge >= 0.3 is 0 Å². The number of Topliss-reactive ketones (excluding diaryl/α,β-unsaturated/α-hetero) is 1. The topological polar surface area (TPSA) is 41.9 Å². The van der Waals surface area contributed by atoms with Crippen LogP contribution in [0, 0.1) is 0 Å². The summed E-state index contributed by atoms with van der Waals surface area (Å²) in [5.41, 5.74) is 3.69. The highest BCUT2D eigenvalue weighted by atomic mass is 16.5. The number of carbonyl (C=O) groups is 1.